The summed E-state index contributed by atoms with van der Waals surface area (Å²) in [6, 6.07) is 7.61. The maximum atomic E-state index is 12.8. The molecule has 0 heterocycles. The first-order valence-corrected chi connectivity index (χ1v) is 8.84. The Morgan fingerprint density at radius 1 is 1.28 bits per heavy atom. The SMILES string of the molecule is CC(C)(C)OC(=O)N([C@@H]1C[C@H]1c1cccc(Cl)c1)C(C)(C)CC(N)=O. The van der Waals surface area contributed by atoms with E-state index in [1.54, 1.807) is 4.90 Å². The molecular formula is C19H27ClN2O3. The molecule has 0 bridgehead atoms. The lowest BCUT2D eigenvalue weighted by atomic mass is 9.97. The summed E-state index contributed by atoms with van der Waals surface area (Å²) in [5, 5.41) is 0.670. The number of rotatable bonds is 5. The van der Waals surface area contributed by atoms with Crippen LogP contribution in [0.15, 0.2) is 24.3 Å². The highest BCUT2D eigenvalue weighted by Gasteiger charge is 2.51. The summed E-state index contributed by atoms with van der Waals surface area (Å²) < 4.78 is 5.59. The van der Waals surface area contributed by atoms with E-state index in [0.29, 0.717) is 5.02 Å². The second-order valence-corrected chi connectivity index (χ2v) is 8.71. The topological polar surface area (TPSA) is 72.6 Å². The first-order chi connectivity index (χ1) is 11.4. The molecule has 0 saturated heterocycles. The smallest absolute Gasteiger partial charge is 0.411 e. The second kappa shape index (κ2) is 6.87. The van der Waals surface area contributed by atoms with Crippen molar-refractivity contribution in [2.75, 3.05) is 0 Å². The van der Waals surface area contributed by atoms with Crippen LogP contribution < -0.4 is 5.73 Å². The Morgan fingerprint density at radius 3 is 2.44 bits per heavy atom. The molecular weight excluding hydrogens is 340 g/mol. The molecule has 1 aliphatic rings. The number of carbonyl (C=O) groups is 2. The highest BCUT2D eigenvalue weighted by atomic mass is 35.5. The van der Waals surface area contributed by atoms with E-state index in [4.69, 9.17) is 22.1 Å². The van der Waals surface area contributed by atoms with Gasteiger partial charge in [-0.1, -0.05) is 23.7 Å². The van der Waals surface area contributed by atoms with Crippen molar-refractivity contribution >= 4 is 23.6 Å². The van der Waals surface area contributed by atoms with Crippen LogP contribution in [0.2, 0.25) is 5.02 Å². The summed E-state index contributed by atoms with van der Waals surface area (Å²) in [5.74, 6) is -0.267. The Morgan fingerprint density at radius 2 is 1.92 bits per heavy atom. The van der Waals surface area contributed by atoms with E-state index in [-0.39, 0.29) is 18.4 Å². The molecule has 5 nitrogen and oxygen atoms in total. The molecule has 0 radical (unpaired) electrons. The number of benzene rings is 1. The maximum absolute atomic E-state index is 12.8. The minimum Gasteiger partial charge on any atom is -0.444 e. The largest absolute Gasteiger partial charge is 0.444 e. The molecule has 1 aliphatic carbocycles. The molecule has 2 rings (SSSR count). The van der Waals surface area contributed by atoms with Gasteiger partial charge >= 0.3 is 6.09 Å². The molecule has 2 N–H and O–H groups in total. The quantitative estimate of drug-likeness (QED) is 0.853. The van der Waals surface area contributed by atoms with Gasteiger partial charge in [0.2, 0.25) is 5.91 Å². The summed E-state index contributed by atoms with van der Waals surface area (Å²) in [4.78, 5) is 26.0. The fourth-order valence-electron chi connectivity index (χ4n) is 3.22. The van der Waals surface area contributed by atoms with Crippen molar-refractivity contribution in [3.8, 4) is 0 Å². The van der Waals surface area contributed by atoms with Gasteiger partial charge in [-0.25, -0.2) is 4.79 Å². The molecule has 1 saturated carbocycles. The van der Waals surface area contributed by atoms with E-state index in [0.717, 1.165) is 12.0 Å². The van der Waals surface area contributed by atoms with Crippen molar-refractivity contribution in [3.05, 3.63) is 34.9 Å². The van der Waals surface area contributed by atoms with Gasteiger partial charge in [-0.05, 0) is 58.7 Å². The van der Waals surface area contributed by atoms with Crippen molar-refractivity contribution in [1.29, 1.82) is 0 Å². The molecule has 0 aromatic heterocycles. The average molecular weight is 367 g/mol. The first kappa shape index (κ1) is 19.6. The monoisotopic (exact) mass is 366 g/mol. The van der Waals surface area contributed by atoms with Gasteiger partial charge in [0.25, 0.3) is 0 Å². The van der Waals surface area contributed by atoms with Crippen molar-refractivity contribution < 1.29 is 14.3 Å². The number of nitrogens with zero attached hydrogens (tertiary/aromatic N) is 1. The Kier molecular flexibility index (Phi) is 5.38. The molecule has 0 spiro atoms. The third kappa shape index (κ3) is 5.11. The molecule has 0 aliphatic heterocycles. The van der Waals surface area contributed by atoms with E-state index in [1.165, 1.54) is 0 Å². The summed E-state index contributed by atoms with van der Waals surface area (Å²) in [7, 11) is 0. The van der Waals surface area contributed by atoms with Gasteiger partial charge in [-0.15, -0.1) is 0 Å². The molecule has 1 fully saturated rings. The summed E-state index contributed by atoms with van der Waals surface area (Å²) >= 11 is 6.09. The molecule has 2 atom stereocenters. The lowest BCUT2D eigenvalue weighted by Crippen LogP contribution is -2.52. The van der Waals surface area contributed by atoms with Crippen molar-refractivity contribution in [2.45, 2.75) is 70.6 Å². The number of halogens is 1. The van der Waals surface area contributed by atoms with Crippen LogP contribution in [-0.2, 0) is 9.53 Å². The van der Waals surface area contributed by atoms with Gasteiger partial charge in [-0.3, -0.25) is 9.69 Å². The minimum absolute atomic E-state index is 0.0392. The van der Waals surface area contributed by atoms with Gasteiger partial charge in [-0.2, -0.15) is 0 Å². The minimum atomic E-state index is -0.730. The highest BCUT2D eigenvalue weighted by molar-refractivity contribution is 6.30. The van der Waals surface area contributed by atoms with Crippen LogP contribution in [0, 0.1) is 0 Å². The maximum Gasteiger partial charge on any atom is 0.411 e. The average Bonchev–Trinajstić information content (AvgIpc) is 3.14. The van der Waals surface area contributed by atoms with Gasteiger partial charge in [0.15, 0.2) is 0 Å². The Labute approximate surface area is 154 Å². The molecule has 25 heavy (non-hydrogen) atoms. The van der Waals surface area contributed by atoms with E-state index in [9.17, 15) is 9.59 Å². The number of nitrogens with two attached hydrogens (primary N) is 1. The number of carbonyl (C=O) groups excluding carboxylic acids is 2. The van der Waals surface area contributed by atoms with Gasteiger partial charge in [0.05, 0.1) is 0 Å². The third-order valence-corrected chi connectivity index (χ3v) is 4.45. The van der Waals surface area contributed by atoms with E-state index >= 15 is 0 Å². The number of hydrogen-bond donors (Lipinski definition) is 1. The molecule has 2 amide bonds. The molecule has 0 unspecified atom stereocenters. The van der Waals surface area contributed by atoms with Crippen LogP contribution in [0.25, 0.3) is 0 Å². The fourth-order valence-corrected chi connectivity index (χ4v) is 3.42. The van der Waals surface area contributed by atoms with Crippen LogP contribution in [0.5, 0.6) is 0 Å². The number of primary amides is 1. The second-order valence-electron chi connectivity index (χ2n) is 8.27. The number of amides is 2. The third-order valence-electron chi connectivity index (χ3n) is 4.21. The molecule has 1 aromatic carbocycles. The Hall–Kier alpha value is -1.75. The lowest BCUT2D eigenvalue weighted by molar-refractivity contribution is -0.120. The van der Waals surface area contributed by atoms with Gasteiger partial charge < -0.3 is 10.5 Å². The van der Waals surface area contributed by atoms with Crippen LogP contribution in [0.1, 0.15) is 58.9 Å². The Balaban J connectivity index is 2.27. The van der Waals surface area contributed by atoms with E-state index < -0.39 is 23.1 Å². The standard InChI is InChI=1S/C19H27ClN2O3/c1-18(2,3)25-17(24)22(19(4,5)11-16(21)23)15-10-14(15)12-7-6-8-13(20)9-12/h6-9,14-15H,10-11H2,1-5H3,(H2,21,23)/t14-,15+/m0/s1. The zero-order valence-corrected chi connectivity index (χ0v) is 16.3. The van der Waals surface area contributed by atoms with Crippen molar-refractivity contribution in [1.82, 2.24) is 4.90 Å². The van der Waals surface area contributed by atoms with Crippen molar-refractivity contribution in [2.24, 2.45) is 5.73 Å². The van der Waals surface area contributed by atoms with Crippen LogP contribution in [0.4, 0.5) is 4.79 Å². The zero-order chi connectivity index (χ0) is 19.0. The molecule has 138 valence electrons. The predicted octanol–water partition coefficient (Wildman–Crippen LogP) is 4.09. The fraction of sp³-hybridized carbons (Fsp3) is 0.579. The van der Waals surface area contributed by atoms with E-state index in [2.05, 4.69) is 0 Å². The summed E-state index contributed by atoms with van der Waals surface area (Å²) in [6.07, 6.45) is 0.459. The normalized spacial score (nSPS) is 20.1. The first-order valence-electron chi connectivity index (χ1n) is 8.47. The Bertz CT molecular complexity index is 667. The lowest BCUT2D eigenvalue weighted by Gasteiger charge is -2.39. The van der Waals surface area contributed by atoms with Crippen LogP contribution in [0.3, 0.4) is 0 Å². The van der Waals surface area contributed by atoms with E-state index in [1.807, 2.05) is 58.9 Å². The number of ether oxygens (including phenoxy) is 1. The predicted molar refractivity (Wildman–Crippen MR) is 98.6 cm³/mol. The van der Waals surface area contributed by atoms with Crippen molar-refractivity contribution in [3.63, 3.8) is 0 Å². The molecule has 1 aromatic rings. The number of hydrogen-bond acceptors (Lipinski definition) is 3. The molecule has 6 heteroatoms. The van der Waals surface area contributed by atoms with Gasteiger partial charge in [0.1, 0.15) is 5.60 Å². The highest BCUT2D eigenvalue weighted by Crippen LogP contribution is 2.48. The zero-order valence-electron chi connectivity index (χ0n) is 15.5. The van der Waals surface area contributed by atoms with Crippen LogP contribution >= 0.6 is 11.6 Å². The summed E-state index contributed by atoms with van der Waals surface area (Å²) in [5.41, 5.74) is 5.14. The van der Waals surface area contributed by atoms with Gasteiger partial charge in [0, 0.05) is 28.9 Å². The summed E-state index contributed by atoms with van der Waals surface area (Å²) in [6.45, 7) is 9.16. The van der Waals surface area contributed by atoms with Crippen LogP contribution in [-0.4, -0.2) is 34.1 Å².